The van der Waals surface area contributed by atoms with Crippen LogP contribution in [-0.4, -0.2) is 41.8 Å². The van der Waals surface area contributed by atoms with Gasteiger partial charge in [0.25, 0.3) is 0 Å². The molecule has 1 aromatic heterocycles. The molecule has 8 nitrogen and oxygen atoms in total. The molecule has 3 rings (SSSR count). The molecule has 0 bridgehead atoms. The van der Waals surface area contributed by atoms with E-state index in [9.17, 15) is 9.59 Å². The topological polar surface area (TPSA) is 99.5 Å². The molecule has 1 saturated heterocycles. The van der Waals surface area contributed by atoms with Crippen molar-refractivity contribution < 1.29 is 14.1 Å². The molecule has 8 heteroatoms. The largest absolute Gasteiger partial charge is 0.338 e. The van der Waals surface area contributed by atoms with Crippen molar-refractivity contribution in [2.45, 2.75) is 26.7 Å². The van der Waals surface area contributed by atoms with Gasteiger partial charge in [0.2, 0.25) is 5.88 Å². The van der Waals surface area contributed by atoms with Gasteiger partial charge in [-0.15, -0.1) is 0 Å². The first-order valence-electron chi connectivity index (χ1n) is 9.10. The molecule has 1 aliphatic heterocycles. The summed E-state index contributed by atoms with van der Waals surface area (Å²) in [7, 11) is 0. The Bertz CT molecular complexity index is 787. The van der Waals surface area contributed by atoms with E-state index in [1.807, 2.05) is 31.2 Å². The molecule has 1 aliphatic rings. The predicted molar refractivity (Wildman–Crippen MR) is 103 cm³/mol. The van der Waals surface area contributed by atoms with E-state index in [0.29, 0.717) is 31.2 Å². The highest BCUT2D eigenvalue weighted by Crippen LogP contribution is 2.18. The van der Waals surface area contributed by atoms with Gasteiger partial charge in [0.05, 0.1) is 5.69 Å². The lowest BCUT2D eigenvalue weighted by atomic mass is 9.98. The number of hydrogen-bond donors (Lipinski definition) is 3. The summed E-state index contributed by atoms with van der Waals surface area (Å²) in [5.74, 6) is 0.556. The number of urea groups is 2. The lowest BCUT2D eigenvalue weighted by molar-refractivity contribution is 0.176. The molecular weight excluding hydrogens is 346 g/mol. The Morgan fingerprint density at radius 3 is 2.70 bits per heavy atom. The van der Waals surface area contributed by atoms with Crippen LogP contribution in [0, 0.1) is 19.8 Å². The van der Waals surface area contributed by atoms with Crippen molar-refractivity contribution in [2.75, 3.05) is 30.3 Å². The highest BCUT2D eigenvalue weighted by molar-refractivity contribution is 5.89. The first-order valence-corrected chi connectivity index (χ1v) is 9.10. The molecule has 1 aromatic carbocycles. The molecular formula is C19H25N5O3. The molecule has 144 valence electrons. The fraction of sp³-hybridized carbons (Fsp3) is 0.421. The van der Waals surface area contributed by atoms with E-state index in [1.165, 1.54) is 0 Å². The van der Waals surface area contributed by atoms with Crippen LogP contribution >= 0.6 is 0 Å². The number of piperidine rings is 1. The zero-order valence-electron chi connectivity index (χ0n) is 15.6. The van der Waals surface area contributed by atoms with Crippen molar-refractivity contribution >= 4 is 23.6 Å². The molecule has 1 fully saturated rings. The quantitative estimate of drug-likeness (QED) is 0.767. The number of aryl methyl sites for hydroxylation is 2. The van der Waals surface area contributed by atoms with Gasteiger partial charge in [-0.1, -0.05) is 22.9 Å². The zero-order chi connectivity index (χ0) is 19.2. The van der Waals surface area contributed by atoms with E-state index in [1.54, 1.807) is 17.9 Å². The lowest BCUT2D eigenvalue weighted by Gasteiger charge is -2.32. The minimum atomic E-state index is -0.238. The minimum absolute atomic E-state index is 0.208. The maximum atomic E-state index is 12.4. The van der Waals surface area contributed by atoms with Gasteiger partial charge in [0.15, 0.2) is 0 Å². The van der Waals surface area contributed by atoms with E-state index in [4.69, 9.17) is 4.52 Å². The second-order valence-corrected chi connectivity index (χ2v) is 6.92. The average molecular weight is 371 g/mol. The SMILES string of the molecule is Cc1ccc(NC(=O)NC[C@@H]2CCCN(C(=O)Nc3cc(C)no3)C2)cc1. The first kappa shape index (κ1) is 18.8. The van der Waals surface area contributed by atoms with Crippen LogP contribution in [0.25, 0.3) is 0 Å². The number of anilines is 2. The normalized spacial score (nSPS) is 16.7. The van der Waals surface area contributed by atoms with Crippen molar-refractivity contribution in [1.29, 1.82) is 0 Å². The predicted octanol–water partition coefficient (Wildman–Crippen LogP) is 3.36. The third-order valence-corrected chi connectivity index (χ3v) is 4.53. The highest BCUT2D eigenvalue weighted by atomic mass is 16.5. The molecule has 0 aliphatic carbocycles. The minimum Gasteiger partial charge on any atom is -0.338 e. The molecule has 2 heterocycles. The number of carbonyl (C=O) groups excluding carboxylic acids is 2. The van der Waals surface area contributed by atoms with Gasteiger partial charge in [-0.25, -0.2) is 9.59 Å². The second kappa shape index (κ2) is 8.57. The molecule has 0 saturated carbocycles. The van der Waals surface area contributed by atoms with E-state index < -0.39 is 0 Å². The van der Waals surface area contributed by atoms with E-state index in [2.05, 4.69) is 21.1 Å². The number of rotatable bonds is 4. The van der Waals surface area contributed by atoms with Gasteiger partial charge in [-0.3, -0.25) is 5.32 Å². The first-order chi connectivity index (χ1) is 13.0. The summed E-state index contributed by atoms with van der Waals surface area (Å²) < 4.78 is 5.02. The van der Waals surface area contributed by atoms with Gasteiger partial charge in [-0.05, 0) is 44.7 Å². The van der Waals surface area contributed by atoms with Crippen molar-refractivity contribution in [3.63, 3.8) is 0 Å². The Kier molecular flexibility index (Phi) is 5.95. The maximum Gasteiger partial charge on any atom is 0.324 e. The molecule has 0 radical (unpaired) electrons. The van der Waals surface area contributed by atoms with Crippen LogP contribution in [0.3, 0.4) is 0 Å². The standard InChI is InChI=1S/C19H25N5O3/c1-13-5-7-16(8-6-13)21-18(25)20-11-15-4-3-9-24(12-15)19(26)22-17-10-14(2)23-27-17/h5-8,10,15H,3-4,9,11-12H2,1-2H3,(H,22,26)(H2,20,21,25)/t15-/m0/s1. The summed E-state index contributed by atoms with van der Waals surface area (Å²) in [5, 5.41) is 12.2. The van der Waals surface area contributed by atoms with E-state index >= 15 is 0 Å². The van der Waals surface area contributed by atoms with Crippen LogP contribution < -0.4 is 16.0 Å². The number of benzene rings is 1. The molecule has 2 aromatic rings. The number of nitrogens with zero attached hydrogens (tertiary/aromatic N) is 2. The van der Waals surface area contributed by atoms with E-state index in [0.717, 1.165) is 24.1 Å². The third-order valence-electron chi connectivity index (χ3n) is 4.53. The maximum absolute atomic E-state index is 12.4. The van der Waals surface area contributed by atoms with Gasteiger partial charge in [-0.2, -0.15) is 0 Å². The molecule has 27 heavy (non-hydrogen) atoms. The van der Waals surface area contributed by atoms with Crippen molar-refractivity contribution in [3.05, 3.63) is 41.6 Å². The van der Waals surface area contributed by atoms with E-state index in [-0.39, 0.29) is 18.0 Å². The Hall–Kier alpha value is -3.03. The number of nitrogens with one attached hydrogen (secondary N) is 3. The van der Waals surface area contributed by atoms with Crippen LogP contribution in [-0.2, 0) is 0 Å². The Morgan fingerprint density at radius 2 is 2.00 bits per heavy atom. The van der Waals surface area contributed by atoms with Gasteiger partial charge in [0, 0.05) is 31.4 Å². The van der Waals surface area contributed by atoms with Crippen molar-refractivity contribution in [3.8, 4) is 0 Å². The number of hydrogen-bond acceptors (Lipinski definition) is 4. The molecule has 4 amide bonds. The summed E-state index contributed by atoms with van der Waals surface area (Å²) >= 11 is 0. The van der Waals surface area contributed by atoms with Gasteiger partial charge < -0.3 is 20.1 Å². The monoisotopic (exact) mass is 371 g/mol. The average Bonchev–Trinajstić information content (AvgIpc) is 3.07. The third kappa shape index (κ3) is 5.47. The van der Waals surface area contributed by atoms with Crippen molar-refractivity contribution in [1.82, 2.24) is 15.4 Å². The Labute approximate surface area is 158 Å². The summed E-state index contributed by atoms with van der Waals surface area (Å²) in [5.41, 5.74) is 2.61. The fourth-order valence-electron chi connectivity index (χ4n) is 3.07. The number of amides is 4. The summed E-state index contributed by atoms with van der Waals surface area (Å²) in [6.07, 6.45) is 1.87. The zero-order valence-corrected chi connectivity index (χ0v) is 15.6. The van der Waals surface area contributed by atoms with Crippen molar-refractivity contribution in [2.24, 2.45) is 5.92 Å². The molecule has 3 N–H and O–H groups in total. The van der Waals surface area contributed by atoms with Crippen LogP contribution in [0.5, 0.6) is 0 Å². The molecule has 1 atom stereocenters. The molecule has 0 unspecified atom stereocenters. The van der Waals surface area contributed by atoms with Crippen LogP contribution in [0.2, 0.25) is 0 Å². The van der Waals surface area contributed by atoms with Crippen LogP contribution in [0.4, 0.5) is 21.2 Å². The smallest absolute Gasteiger partial charge is 0.324 e. The Balaban J connectivity index is 1.44. The second-order valence-electron chi connectivity index (χ2n) is 6.92. The lowest BCUT2D eigenvalue weighted by Crippen LogP contribution is -2.45. The number of carbonyl (C=O) groups is 2. The van der Waals surface area contributed by atoms with Gasteiger partial charge in [0.1, 0.15) is 0 Å². The summed E-state index contributed by atoms with van der Waals surface area (Å²) in [6, 6.07) is 8.86. The molecule has 0 spiro atoms. The number of likely N-dealkylation sites (tertiary alicyclic amines) is 1. The fourth-order valence-corrected chi connectivity index (χ4v) is 3.07. The summed E-state index contributed by atoms with van der Waals surface area (Å²) in [4.78, 5) is 26.2. The Morgan fingerprint density at radius 1 is 1.22 bits per heavy atom. The highest BCUT2D eigenvalue weighted by Gasteiger charge is 2.24. The van der Waals surface area contributed by atoms with Crippen LogP contribution in [0.1, 0.15) is 24.1 Å². The van der Waals surface area contributed by atoms with Crippen LogP contribution in [0.15, 0.2) is 34.9 Å². The van der Waals surface area contributed by atoms with Gasteiger partial charge >= 0.3 is 12.1 Å². The summed E-state index contributed by atoms with van der Waals surface area (Å²) in [6.45, 7) is 5.58. The number of aromatic nitrogens is 1.